The molecular weight excluding hydrogens is 354 g/mol. The quantitative estimate of drug-likeness (QED) is 0.664. The van der Waals surface area contributed by atoms with Gasteiger partial charge in [-0.1, -0.05) is 36.4 Å². The second kappa shape index (κ2) is 8.13. The molecule has 1 amide bonds. The zero-order valence-electron chi connectivity index (χ0n) is 15.4. The molecule has 5 heteroatoms. The van der Waals surface area contributed by atoms with E-state index in [4.69, 9.17) is 9.47 Å². The lowest BCUT2D eigenvalue weighted by Crippen LogP contribution is -2.23. The molecule has 0 radical (unpaired) electrons. The molecule has 1 aliphatic rings. The maximum atomic E-state index is 12.0. The number of hydrogen-bond donors (Lipinski definition) is 1. The van der Waals surface area contributed by atoms with Crippen LogP contribution < -0.4 is 10.1 Å². The number of fused-ring (bicyclic) bond motifs is 2. The summed E-state index contributed by atoms with van der Waals surface area (Å²) >= 11 is 0. The highest BCUT2D eigenvalue weighted by molar-refractivity contribution is 5.95. The molecule has 0 unspecified atom stereocenters. The largest absolute Gasteiger partial charge is 0.482 e. The molecule has 5 nitrogen and oxygen atoms in total. The Kier molecular flexibility index (Phi) is 5.24. The van der Waals surface area contributed by atoms with E-state index >= 15 is 0 Å². The van der Waals surface area contributed by atoms with Crippen LogP contribution in [-0.2, 0) is 27.2 Å². The van der Waals surface area contributed by atoms with Gasteiger partial charge in [0, 0.05) is 5.69 Å². The monoisotopic (exact) mass is 375 g/mol. The van der Waals surface area contributed by atoms with Crippen LogP contribution >= 0.6 is 0 Å². The molecule has 1 aliphatic carbocycles. The fraction of sp³-hybridized carbons (Fsp3) is 0.217. The first kappa shape index (κ1) is 18.0. The number of nitrogens with one attached hydrogen (secondary N) is 1. The van der Waals surface area contributed by atoms with Crippen molar-refractivity contribution < 1.29 is 19.1 Å². The third-order valence-corrected chi connectivity index (χ3v) is 4.82. The molecular formula is C23H21NO4. The summed E-state index contributed by atoms with van der Waals surface area (Å²) in [6.45, 7) is -0.568. The number of carbonyl (C=O) groups is 2. The Labute approximate surface area is 163 Å². The average Bonchev–Trinajstić information content (AvgIpc) is 3.18. The van der Waals surface area contributed by atoms with Crippen molar-refractivity contribution in [3.05, 3.63) is 71.8 Å². The molecule has 1 N–H and O–H groups in total. The van der Waals surface area contributed by atoms with Gasteiger partial charge in [-0.15, -0.1) is 0 Å². The predicted octanol–water partition coefficient (Wildman–Crippen LogP) is 3.89. The summed E-state index contributed by atoms with van der Waals surface area (Å²) in [4.78, 5) is 23.9. The van der Waals surface area contributed by atoms with E-state index in [1.165, 1.54) is 11.1 Å². The van der Waals surface area contributed by atoms with Crippen molar-refractivity contribution in [2.75, 3.05) is 18.5 Å². The highest BCUT2D eigenvalue weighted by Gasteiger charge is 2.13. The Morgan fingerprint density at radius 3 is 2.57 bits per heavy atom. The molecule has 3 aromatic rings. The minimum atomic E-state index is -0.575. The summed E-state index contributed by atoms with van der Waals surface area (Å²) in [5, 5.41) is 4.86. The van der Waals surface area contributed by atoms with Crippen LogP contribution in [0.4, 0.5) is 5.69 Å². The number of ether oxygens (including phenoxy) is 2. The van der Waals surface area contributed by atoms with Crippen LogP contribution in [0.3, 0.4) is 0 Å². The van der Waals surface area contributed by atoms with Gasteiger partial charge in [0.1, 0.15) is 5.75 Å². The number of esters is 1. The summed E-state index contributed by atoms with van der Waals surface area (Å²) in [5.74, 6) is -0.312. The van der Waals surface area contributed by atoms with Gasteiger partial charge in [0.25, 0.3) is 5.91 Å². The Morgan fingerprint density at radius 1 is 0.857 bits per heavy atom. The van der Waals surface area contributed by atoms with E-state index in [0.717, 1.165) is 30.0 Å². The van der Waals surface area contributed by atoms with Crippen LogP contribution in [-0.4, -0.2) is 25.1 Å². The Morgan fingerprint density at radius 2 is 1.68 bits per heavy atom. The van der Waals surface area contributed by atoms with E-state index in [1.807, 2.05) is 60.7 Å². The van der Waals surface area contributed by atoms with Gasteiger partial charge in [-0.25, -0.2) is 4.79 Å². The molecule has 0 fully saturated rings. The topological polar surface area (TPSA) is 64.6 Å². The van der Waals surface area contributed by atoms with Gasteiger partial charge in [-0.3, -0.25) is 4.79 Å². The molecule has 0 aromatic heterocycles. The molecule has 3 aromatic carbocycles. The van der Waals surface area contributed by atoms with Crippen molar-refractivity contribution >= 4 is 28.3 Å². The van der Waals surface area contributed by atoms with Crippen molar-refractivity contribution in [2.45, 2.75) is 19.3 Å². The summed E-state index contributed by atoms with van der Waals surface area (Å²) in [7, 11) is 0. The van der Waals surface area contributed by atoms with E-state index in [-0.39, 0.29) is 19.1 Å². The van der Waals surface area contributed by atoms with E-state index in [1.54, 1.807) is 0 Å². The lowest BCUT2D eigenvalue weighted by molar-refractivity contribution is -0.149. The van der Waals surface area contributed by atoms with E-state index in [0.29, 0.717) is 11.4 Å². The van der Waals surface area contributed by atoms with Gasteiger partial charge in [0.05, 0.1) is 0 Å². The number of amides is 1. The van der Waals surface area contributed by atoms with Gasteiger partial charge in [-0.05, 0) is 65.4 Å². The zero-order valence-corrected chi connectivity index (χ0v) is 15.4. The molecule has 142 valence electrons. The maximum Gasteiger partial charge on any atom is 0.344 e. The second-order valence-corrected chi connectivity index (χ2v) is 6.84. The maximum absolute atomic E-state index is 12.0. The fourth-order valence-corrected chi connectivity index (χ4v) is 3.43. The Hall–Kier alpha value is -3.34. The molecule has 0 aliphatic heterocycles. The second-order valence-electron chi connectivity index (χ2n) is 6.84. The summed E-state index contributed by atoms with van der Waals surface area (Å²) < 4.78 is 10.5. The van der Waals surface area contributed by atoms with Crippen LogP contribution in [0.15, 0.2) is 60.7 Å². The molecule has 0 spiro atoms. The first-order valence-corrected chi connectivity index (χ1v) is 9.36. The van der Waals surface area contributed by atoms with E-state index in [9.17, 15) is 9.59 Å². The first-order valence-electron chi connectivity index (χ1n) is 9.36. The van der Waals surface area contributed by atoms with Gasteiger partial charge in [-0.2, -0.15) is 0 Å². The van der Waals surface area contributed by atoms with Crippen molar-refractivity contribution in [1.82, 2.24) is 0 Å². The summed E-state index contributed by atoms with van der Waals surface area (Å²) in [5.41, 5.74) is 3.29. The van der Waals surface area contributed by atoms with Crippen molar-refractivity contribution in [1.29, 1.82) is 0 Å². The van der Waals surface area contributed by atoms with Crippen molar-refractivity contribution in [2.24, 2.45) is 0 Å². The minimum Gasteiger partial charge on any atom is -0.482 e. The highest BCUT2D eigenvalue weighted by atomic mass is 16.6. The molecule has 28 heavy (non-hydrogen) atoms. The van der Waals surface area contributed by atoms with Gasteiger partial charge < -0.3 is 14.8 Å². The van der Waals surface area contributed by atoms with Crippen LogP contribution in [0.25, 0.3) is 10.8 Å². The number of benzene rings is 3. The van der Waals surface area contributed by atoms with Gasteiger partial charge >= 0.3 is 5.97 Å². The predicted molar refractivity (Wildman–Crippen MR) is 107 cm³/mol. The van der Waals surface area contributed by atoms with Crippen LogP contribution in [0, 0.1) is 0 Å². The number of hydrogen-bond acceptors (Lipinski definition) is 4. The smallest absolute Gasteiger partial charge is 0.344 e. The average molecular weight is 375 g/mol. The lowest BCUT2D eigenvalue weighted by atomic mass is 10.1. The van der Waals surface area contributed by atoms with Crippen molar-refractivity contribution in [3.8, 4) is 5.75 Å². The summed E-state index contributed by atoms with van der Waals surface area (Å²) in [6, 6.07) is 19.4. The summed E-state index contributed by atoms with van der Waals surface area (Å²) in [6.07, 6.45) is 3.31. The fourth-order valence-electron chi connectivity index (χ4n) is 3.43. The number of anilines is 1. The first-order chi connectivity index (χ1) is 13.7. The lowest BCUT2D eigenvalue weighted by Gasteiger charge is -2.09. The number of aryl methyl sites for hydroxylation is 2. The van der Waals surface area contributed by atoms with E-state index in [2.05, 4.69) is 5.32 Å². The van der Waals surface area contributed by atoms with E-state index < -0.39 is 5.97 Å². The van der Waals surface area contributed by atoms with Crippen LogP contribution in [0.5, 0.6) is 5.75 Å². The molecule has 0 atom stereocenters. The molecule has 0 saturated heterocycles. The molecule has 0 saturated carbocycles. The normalized spacial score (nSPS) is 12.4. The van der Waals surface area contributed by atoms with Crippen LogP contribution in [0.2, 0.25) is 0 Å². The van der Waals surface area contributed by atoms with Gasteiger partial charge in [0.15, 0.2) is 13.2 Å². The number of carbonyl (C=O) groups excluding carboxylic acids is 2. The Balaban J connectivity index is 1.24. The third kappa shape index (κ3) is 4.31. The third-order valence-electron chi connectivity index (χ3n) is 4.82. The zero-order chi connectivity index (χ0) is 19.3. The van der Waals surface area contributed by atoms with Gasteiger partial charge in [0.2, 0.25) is 0 Å². The van der Waals surface area contributed by atoms with Crippen LogP contribution in [0.1, 0.15) is 17.5 Å². The minimum absolute atomic E-state index is 0.220. The van der Waals surface area contributed by atoms with Crippen molar-refractivity contribution in [3.63, 3.8) is 0 Å². The molecule has 4 rings (SSSR count). The molecule has 0 heterocycles. The SMILES string of the molecule is O=C(COC(=O)COc1ccc2c(c1)CCC2)Nc1ccc2ccccc2c1. The highest BCUT2D eigenvalue weighted by Crippen LogP contribution is 2.26. The Bertz CT molecular complexity index is 1030. The number of rotatable bonds is 6. The standard InChI is InChI=1S/C23H21NO4/c25-22(24-20-10-8-16-4-1-2-5-18(16)12-20)14-28-23(26)15-27-21-11-9-17-6-3-7-19(17)13-21/h1-2,4-5,8-13H,3,6-7,14-15H2,(H,24,25). The molecule has 0 bridgehead atoms.